The molecule has 148 valence electrons. The van der Waals surface area contributed by atoms with E-state index in [9.17, 15) is 4.39 Å². The third-order valence-electron chi connectivity index (χ3n) is 4.35. The summed E-state index contributed by atoms with van der Waals surface area (Å²) >= 11 is 0. The second kappa shape index (κ2) is 12.7. The standard InChI is InChI=1S/C21H29FN4.HI/c1-4-26(5-2)16-19-8-6-7-18(13-19)15-25-21(23-3)24-14-17-9-11-20(22)12-10-17;/h6-13H,4-5,14-16H2,1-3H3,(H2,23,24,25);1H. The van der Waals surface area contributed by atoms with Crippen LogP contribution in [0.2, 0.25) is 0 Å². The van der Waals surface area contributed by atoms with E-state index < -0.39 is 0 Å². The highest BCUT2D eigenvalue weighted by Gasteiger charge is 2.03. The van der Waals surface area contributed by atoms with Crippen LogP contribution in [0.4, 0.5) is 4.39 Å². The zero-order valence-electron chi connectivity index (χ0n) is 16.3. The van der Waals surface area contributed by atoms with Crippen LogP contribution in [0.1, 0.15) is 30.5 Å². The van der Waals surface area contributed by atoms with Gasteiger partial charge in [-0.05, 0) is 41.9 Å². The maximum atomic E-state index is 13.0. The van der Waals surface area contributed by atoms with Gasteiger partial charge in [-0.2, -0.15) is 0 Å². The van der Waals surface area contributed by atoms with Gasteiger partial charge < -0.3 is 10.6 Å². The first-order valence-electron chi connectivity index (χ1n) is 9.13. The Balaban J connectivity index is 0.00000364. The van der Waals surface area contributed by atoms with Gasteiger partial charge in [-0.3, -0.25) is 9.89 Å². The van der Waals surface area contributed by atoms with E-state index in [4.69, 9.17) is 0 Å². The van der Waals surface area contributed by atoms with E-state index in [1.54, 1.807) is 19.2 Å². The minimum Gasteiger partial charge on any atom is -0.352 e. The van der Waals surface area contributed by atoms with E-state index in [0.29, 0.717) is 13.1 Å². The summed E-state index contributed by atoms with van der Waals surface area (Å²) in [5, 5.41) is 6.58. The van der Waals surface area contributed by atoms with Crippen molar-refractivity contribution in [3.63, 3.8) is 0 Å². The van der Waals surface area contributed by atoms with Gasteiger partial charge in [0.05, 0.1) is 0 Å². The summed E-state index contributed by atoms with van der Waals surface area (Å²) in [5.74, 6) is 0.504. The number of nitrogens with one attached hydrogen (secondary N) is 2. The zero-order chi connectivity index (χ0) is 18.8. The molecule has 0 aliphatic heterocycles. The topological polar surface area (TPSA) is 39.7 Å². The van der Waals surface area contributed by atoms with Gasteiger partial charge in [0.1, 0.15) is 5.82 Å². The number of rotatable bonds is 8. The molecule has 0 atom stereocenters. The van der Waals surface area contributed by atoms with Crippen LogP contribution in [0.3, 0.4) is 0 Å². The molecule has 2 N–H and O–H groups in total. The summed E-state index contributed by atoms with van der Waals surface area (Å²) in [6.07, 6.45) is 0. The van der Waals surface area contributed by atoms with Crippen molar-refractivity contribution >= 4 is 29.9 Å². The van der Waals surface area contributed by atoms with Crippen LogP contribution in [0.5, 0.6) is 0 Å². The van der Waals surface area contributed by atoms with Gasteiger partial charge in [-0.15, -0.1) is 24.0 Å². The van der Waals surface area contributed by atoms with Crippen LogP contribution in [-0.4, -0.2) is 31.0 Å². The normalized spacial score (nSPS) is 11.2. The van der Waals surface area contributed by atoms with Crippen LogP contribution in [0.25, 0.3) is 0 Å². The van der Waals surface area contributed by atoms with E-state index in [2.05, 4.69) is 58.6 Å². The fourth-order valence-electron chi connectivity index (χ4n) is 2.74. The van der Waals surface area contributed by atoms with Gasteiger partial charge in [0, 0.05) is 26.7 Å². The molecular weight excluding hydrogens is 454 g/mol. The molecule has 0 spiro atoms. The van der Waals surface area contributed by atoms with Crippen molar-refractivity contribution in [3.8, 4) is 0 Å². The predicted octanol–water partition coefficient (Wildman–Crippen LogP) is 4.15. The molecule has 0 unspecified atom stereocenters. The molecule has 2 aromatic carbocycles. The van der Waals surface area contributed by atoms with Gasteiger partial charge in [0.25, 0.3) is 0 Å². The second-order valence-electron chi connectivity index (χ2n) is 6.19. The molecule has 0 saturated heterocycles. The molecule has 0 amide bonds. The van der Waals surface area contributed by atoms with Crippen molar-refractivity contribution < 1.29 is 4.39 Å². The van der Waals surface area contributed by atoms with E-state index in [1.807, 2.05) is 0 Å². The number of aliphatic imine (C=N–C) groups is 1. The first-order valence-corrected chi connectivity index (χ1v) is 9.13. The van der Waals surface area contributed by atoms with Crippen molar-refractivity contribution in [3.05, 3.63) is 71.0 Å². The first-order chi connectivity index (χ1) is 12.6. The highest BCUT2D eigenvalue weighted by molar-refractivity contribution is 14.0. The van der Waals surface area contributed by atoms with Crippen molar-refractivity contribution in [2.75, 3.05) is 20.1 Å². The quantitative estimate of drug-likeness (QED) is 0.336. The summed E-state index contributed by atoms with van der Waals surface area (Å²) in [5.41, 5.74) is 3.55. The summed E-state index contributed by atoms with van der Waals surface area (Å²) in [7, 11) is 1.75. The van der Waals surface area contributed by atoms with Crippen molar-refractivity contribution in [1.29, 1.82) is 0 Å². The Morgan fingerprint density at radius 1 is 0.926 bits per heavy atom. The summed E-state index contributed by atoms with van der Waals surface area (Å²) < 4.78 is 13.0. The molecule has 27 heavy (non-hydrogen) atoms. The number of hydrogen-bond donors (Lipinski definition) is 2. The fraction of sp³-hybridized carbons (Fsp3) is 0.381. The van der Waals surface area contributed by atoms with E-state index >= 15 is 0 Å². The van der Waals surface area contributed by atoms with Gasteiger partial charge in [0.2, 0.25) is 0 Å². The average Bonchev–Trinajstić information content (AvgIpc) is 2.68. The van der Waals surface area contributed by atoms with Crippen LogP contribution >= 0.6 is 24.0 Å². The molecule has 2 rings (SSSR count). The SMILES string of the molecule is CCN(CC)Cc1cccc(CNC(=NC)NCc2ccc(F)cc2)c1.I. The Morgan fingerprint density at radius 3 is 2.11 bits per heavy atom. The van der Waals surface area contributed by atoms with Gasteiger partial charge in [-0.1, -0.05) is 50.2 Å². The van der Waals surface area contributed by atoms with Crippen molar-refractivity contribution in [2.24, 2.45) is 4.99 Å². The van der Waals surface area contributed by atoms with Gasteiger partial charge in [-0.25, -0.2) is 4.39 Å². The lowest BCUT2D eigenvalue weighted by Gasteiger charge is -2.18. The predicted molar refractivity (Wildman–Crippen MR) is 122 cm³/mol. The fourth-order valence-corrected chi connectivity index (χ4v) is 2.74. The van der Waals surface area contributed by atoms with Crippen LogP contribution in [0.15, 0.2) is 53.5 Å². The molecule has 0 aliphatic rings. The first kappa shape index (κ1) is 23.4. The average molecular weight is 484 g/mol. The third-order valence-corrected chi connectivity index (χ3v) is 4.35. The Morgan fingerprint density at radius 2 is 1.52 bits per heavy atom. The van der Waals surface area contributed by atoms with Crippen LogP contribution < -0.4 is 10.6 Å². The molecule has 0 fully saturated rings. The largest absolute Gasteiger partial charge is 0.352 e. The third kappa shape index (κ3) is 8.26. The molecule has 0 bridgehead atoms. The van der Waals surface area contributed by atoms with E-state index in [-0.39, 0.29) is 29.8 Å². The molecule has 0 saturated carbocycles. The molecule has 6 heteroatoms. The molecular formula is C21H30FIN4. The second-order valence-corrected chi connectivity index (χ2v) is 6.19. The molecule has 4 nitrogen and oxygen atoms in total. The van der Waals surface area contributed by atoms with Gasteiger partial charge in [0.15, 0.2) is 5.96 Å². The maximum absolute atomic E-state index is 13.0. The minimum atomic E-state index is -0.221. The lowest BCUT2D eigenvalue weighted by atomic mass is 10.1. The van der Waals surface area contributed by atoms with Crippen molar-refractivity contribution in [2.45, 2.75) is 33.5 Å². The van der Waals surface area contributed by atoms with Gasteiger partial charge >= 0.3 is 0 Å². The van der Waals surface area contributed by atoms with Crippen molar-refractivity contribution in [1.82, 2.24) is 15.5 Å². The molecule has 0 aromatic heterocycles. The highest BCUT2D eigenvalue weighted by Crippen LogP contribution is 2.08. The molecule has 0 aliphatic carbocycles. The number of benzene rings is 2. The lowest BCUT2D eigenvalue weighted by Crippen LogP contribution is -2.36. The number of guanidine groups is 1. The molecule has 2 aromatic rings. The summed E-state index contributed by atoms with van der Waals surface area (Å²) in [6.45, 7) is 8.75. The highest BCUT2D eigenvalue weighted by atomic mass is 127. The zero-order valence-corrected chi connectivity index (χ0v) is 18.7. The Kier molecular flexibility index (Phi) is 11.0. The minimum absolute atomic E-state index is 0. The number of hydrogen-bond acceptors (Lipinski definition) is 2. The van der Waals surface area contributed by atoms with Crippen LogP contribution in [0, 0.1) is 5.82 Å². The van der Waals surface area contributed by atoms with E-state index in [1.165, 1.54) is 23.3 Å². The summed E-state index contributed by atoms with van der Waals surface area (Å²) in [4.78, 5) is 6.64. The Labute approximate surface area is 179 Å². The molecule has 0 radical (unpaired) electrons. The number of halogens is 2. The lowest BCUT2D eigenvalue weighted by molar-refractivity contribution is 0.296. The smallest absolute Gasteiger partial charge is 0.191 e. The molecule has 0 heterocycles. The number of nitrogens with zero attached hydrogens (tertiary/aromatic N) is 2. The summed E-state index contributed by atoms with van der Waals surface area (Å²) in [6, 6.07) is 15.1. The monoisotopic (exact) mass is 484 g/mol. The van der Waals surface area contributed by atoms with E-state index in [0.717, 1.165) is 31.2 Å². The Bertz CT molecular complexity index is 700. The Hall–Kier alpha value is -1.67. The maximum Gasteiger partial charge on any atom is 0.191 e. The van der Waals surface area contributed by atoms with Crippen LogP contribution in [-0.2, 0) is 19.6 Å².